The van der Waals surface area contributed by atoms with Gasteiger partial charge in [-0.25, -0.2) is 4.98 Å². The number of halogens is 1. The molecule has 5 nitrogen and oxygen atoms in total. The van der Waals surface area contributed by atoms with Crippen molar-refractivity contribution in [2.45, 2.75) is 20.3 Å². The van der Waals surface area contributed by atoms with Crippen molar-refractivity contribution in [1.82, 2.24) is 14.9 Å². The quantitative estimate of drug-likeness (QED) is 0.715. The molecule has 0 aliphatic carbocycles. The molecule has 1 aromatic heterocycles. The monoisotopic (exact) mass is 377 g/mol. The molecule has 2 N–H and O–H groups in total. The Balaban J connectivity index is 2.04. The van der Waals surface area contributed by atoms with Crippen molar-refractivity contribution in [2.24, 2.45) is 0 Å². The fourth-order valence-corrected chi connectivity index (χ4v) is 2.76. The maximum Gasteiger partial charge on any atom is 0.224 e. The predicted octanol–water partition coefficient (Wildman–Crippen LogP) is 3.96. The van der Waals surface area contributed by atoms with E-state index in [2.05, 4.69) is 74.6 Å². The normalized spacial score (nSPS) is 10.9. The molecule has 0 radical (unpaired) electrons. The molecule has 0 fully saturated rings. The van der Waals surface area contributed by atoms with E-state index < -0.39 is 0 Å². The van der Waals surface area contributed by atoms with Gasteiger partial charge in [-0.2, -0.15) is 4.98 Å². The summed E-state index contributed by atoms with van der Waals surface area (Å²) in [6.45, 7) is 5.94. The van der Waals surface area contributed by atoms with Crippen LogP contribution in [0.3, 0.4) is 0 Å². The molecular formula is C17H24BrN5. The number of aromatic nitrogens is 2. The van der Waals surface area contributed by atoms with Gasteiger partial charge in [-0.3, -0.25) is 0 Å². The number of benzene rings is 1. The third-order valence-electron chi connectivity index (χ3n) is 3.31. The molecule has 0 aliphatic heterocycles. The van der Waals surface area contributed by atoms with Gasteiger partial charge in [0.2, 0.25) is 5.95 Å². The molecule has 0 aliphatic rings. The zero-order chi connectivity index (χ0) is 16.8. The lowest BCUT2D eigenvalue weighted by molar-refractivity contribution is 0.405. The molecule has 6 heteroatoms. The van der Waals surface area contributed by atoms with Gasteiger partial charge in [0.1, 0.15) is 5.82 Å². The van der Waals surface area contributed by atoms with Gasteiger partial charge in [-0.1, -0.05) is 6.07 Å². The van der Waals surface area contributed by atoms with Crippen LogP contribution in [0.2, 0.25) is 0 Å². The van der Waals surface area contributed by atoms with E-state index in [0.717, 1.165) is 41.2 Å². The lowest BCUT2D eigenvalue weighted by Crippen LogP contribution is -2.17. The van der Waals surface area contributed by atoms with Crippen molar-refractivity contribution < 1.29 is 0 Å². The van der Waals surface area contributed by atoms with Crippen LogP contribution in [-0.4, -0.2) is 42.1 Å². The molecule has 124 valence electrons. The van der Waals surface area contributed by atoms with Crippen LogP contribution in [0.4, 0.5) is 17.5 Å². The Labute approximate surface area is 146 Å². The second-order valence-electron chi connectivity index (χ2n) is 5.91. The van der Waals surface area contributed by atoms with E-state index in [0.29, 0.717) is 5.95 Å². The predicted molar refractivity (Wildman–Crippen MR) is 101 cm³/mol. The summed E-state index contributed by atoms with van der Waals surface area (Å²) < 4.78 is 1.02. The van der Waals surface area contributed by atoms with Gasteiger partial charge in [0, 0.05) is 22.8 Å². The number of hydrogen-bond acceptors (Lipinski definition) is 5. The average Bonchev–Trinajstić information content (AvgIpc) is 2.46. The summed E-state index contributed by atoms with van der Waals surface area (Å²) in [6.07, 6.45) is 1.05. The Morgan fingerprint density at radius 1 is 1.13 bits per heavy atom. The maximum atomic E-state index is 4.54. The highest BCUT2D eigenvalue weighted by Gasteiger charge is 2.05. The molecule has 2 rings (SSSR count). The summed E-state index contributed by atoms with van der Waals surface area (Å²) >= 11 is 3.58. The number of nitrogens with zero attached hydrogens (tertiary/aromatic N) is 3. The van der Waals surface area contributed by atoms with Crippen LogP contribution in [0.1, 0.15) is 17.7 Å². The highest BCUT2D eigenvalue weighted by molar-refractivity contribution is 9.10. The van der Waals surface area contributed by atoms with Crippen LogP contribution >= 0.6 is 15.9 Å². The largest absolute Gasteiger partial charge is 0.354 e. The first kappa shape index (κ1) is 17.7. The van der Waals surface area contributed by atoms with E-state index in [1.807, 2.05) is 19.1 Å². The number of hydrogen-bond donors (Lipinski definition) is 2. The lowest BCUT2D eigenvalue weighted by Gasteiger charge is -2.12. The van der Waals surface area contributed by atoms with Gasteiger partial charge >= 0.3 is 0 Å². The first-order valence-corrected chi connectivity index (χ1v) is 8.51. The van der Waals surface area contributed by atoms with Crippen LogP contribution in [0.15, 0.2) is 28.7 Å². The summed E-state index contributed by atoms with van der Waals surface area (Å²) in [7, 11) is 4.15. The van der Waals surface area contributed by atoms with E-state index in [4.69, 9.17) is 0 Å². The minimum Gasteiger partial charge on any atom is -0.354 e. The highest BCUT2D eigenvalue weighted by atomic mass is 79.9. The van der Waals surface area contributed by atoms with E-state index in [1.165, 1.54) is 5.56 Å². The summed E-state index contributed by atoms with van der Waals surface area (Å²) in [5, 5.41) is 6.63. The van der Waals surface area contributed by atoms with Crippen LogP contribution in [0.5, 0.6) is 0 Å². The zero-order valence-electron chi connectivity index (χ0n) is 14.2. The SMILES string of the molecule is Cc1ccc(Nc2cc(C)nc(NCCCN(C)C)n2)c(Br)c1. The van der Waals surface area contributed by atoms with Crippen LogP contribution < -0.4 is 10.6 Å². The second-order valence-corrected chi connectivity index (χ2v) is 6.76. The Morgan fingerprint density at radius 3 is 2.61 bits per heavy atom. The van der Waals surface area contributed by atoms with E-state index in [-0.39, 0.29) is 0 Å². The summed E-state index contributed by atoms with van der Waals surface area (Å²) in [6, 6.07) is 8.14. The van der Waals surface area contributed by atoms with Crippen molar-refractivity contribution in [3.05, 3.63) is 40.0 Å². The molecule has 0 saturated carbocycles. The van der Waals surface area contributed by atoms with Crippen molar-refractivity contribution in [2.75, 3.05) is 37.8 Å². The van der Waals surface area contributed by atoms with E-state index in [9.17, 15) is 0 Å². The minimum absolute atomic E-state index is 0.662. The molecule has 23 heavy (non-hydrogen) atoms. The topological polar surface area (TPSA) is 53.1 Å². The first-order valence-electron chi connectivity index (χ1n) is 7.71. The molecule has 0 saturated heterocycles. The Kier molecular flexibility index (Phi) is 6.36. The molecular weight excluding hydrogens is 354 g/mol. The number of anilines is 3. The fraction of sp³-hybridized carbons (Fsp3) is 0.412. The first-order chi connectivity index (χ1) is 10.9. The van der Waals surface area contributed by atoms with Crippen molar-refractivity contribution in [3.8, 4) is 0 Å². The summed E-state index contributed by atoms with van der Waals surface area (Å²) in [5.74, 6) is 1.45. The summed E-state index contributed by atoms with van der Waals surface area (Å²) in [4.78, 5) is 11.1. The smallest absolute Gasteiger partial charge is 0.224 e. The molecule has 1 aromatic carbocycles. The van der Waals surface area contributed by atoms with Crippen LogP contribution in [0, 0.1) is 13.8 Å². The number of rotatable bonds is 7. The van der Waals surface area contributed by atoms with Crippen LogP contribution in [-0.2, 0) is 0 Å². The molecule has 2 aromatic rings. The number of aryl methyl sites for hydroxylation is 2. The van der Waals surface area contributed by atoms with E-state index in [1.54, 1.807) is 0 Å². The molecule has 1 heterocycles. The minimum atomic E-state index is 0.662. The zero-order valence-corrected chi connectivity index (χ0v) is 15.7. The van der Waals surface area contributed by atoms with Gasteiger partial charge in [0.15, 0.2) is 0 Å². The van der Waals surface area contributed by atoms with Crippen molar-refractivity contribution >= 4 is 33.4 Å². The van der Waals surface area contributed by atoms with Crippen LogP contribution in [0.25, 0.3) is 0 Å². The standard InChI is InChI=1S/C17H24BrN5/c1-12-6-7-15(14(18)10-12)21-16-11-13(2)20-17(22-16)19-8-5-9-23(3)4/h6-7,10-11H,5,8-9H2,1-4H3,(H2,19,20,21,22). The Bertz CT molecular complexity index is 657. The third kappa shape index (κ3) is 5.80. The maximum absolute atomic E-state index is 4.54. The highest BCUT2D eigenvalue weighted by Crippen LogP contribution is 2.26. The van der Waals surface area contributed by atoms with Gasteiger partial charge in [0.05, 0.1) is 5.69 Å². The molecule has 0 amide bonds. The van der Waals surface area contributed by atoms with Gasteiger partial charge in [-0.15, -0.1) is 0 Å². The molecule has 0 bridgehead atoms. The Morgan fingerprint density at radius 2 is 1.91 bits per heavy atom. The van der Waals surface area contributed by atoms with Gasteiger partial charge < -0.3 is 15.5 Å². The molecule has 0 spiro atoms. The average molecular weight is 378 g/mol. The molecule has 0 unspecified atom stereocenters. The summed E-state index contributed by atoms with van der Waals surface area (Å²) in [5.41, 5.74) is 3.14. The van der Waals surface area contributed by atoms with Crippen molar-refractivity contribution in [3.63, 3.8) is 0 Å². The van der Waals surface area contributed by atoms with Crippen molar-refractivity contribution in [1.29, 1.82) is 0 Å². The van der Waals surface area contributed by atoms with E-state index >= 15 is 0 Å². The lowest BCUT2D eigenvalue weighted by atomic mass is 10.2. The van der Waals surface area contributed by atoms with Gasteiger partial charge in [0.25, 0.3) is 0 Å². The van der Waals surface area contributed by atoms with Gasteiger partial charge in [-0.05, 0) is 74.5 Å². The molecule has 0 atom stereocenters. The number of nitrogens with one attached hydrogen (secondary N) is 2. The fourth-order valence-electron chi connectivity index (χ4n) is 2.17. The Hall–Kier alpha value is -1.66. The second kappa shape index (κ2) is 8.26. The third-order valence-corrected chi connectivity index (χ3v) is 3.96.